The number of carbonyl (C=O) groups excluding carboxylic acids is 1. The first-order valence-electron chi connectivity index (χ1n) is 10.3. The van der Waals surface area contributed by atoms with Gasteiger partial charge >= 0.3 is 0 Å². The van der Waals surface area contributed by atoms with Crippen LogP contribution in [0.3, 0.4) is 0 Å². The van der Waals surface area contributed by atoms with Crippen molar-refractivity contribution < 1.29 is 9.21 Å². The molecule has 1 aromatic heterocycles. The Bertz CT molecular complexity index is 1210. The minimum Gasteiger partial charge on any atom is -0.436 e. The Morgan fingerprint density at radius 1 is 1.00 bits per heavy atom. The summed E-state index contributed by atoms with van der Waals surface area (Å²) < 4.78 is 5.94. The molecule has 0 aliphatic heterocycles. The monoisotopic (exact) mass is 398 g/mol. The summed E-state index contributed by atoms with van der Waals surface area (Å²) in [6, 6.07) is 19.5. The van der Waals surface area contributed by atoms with Crippen molar-refractivity contribution in [3.63, 3.8) is 0 Å². The number of fused-ring (bicyclic) bond motifs is 1. The number of amides is 1. The van der Waals surface area contributed by atoms with Crippen molar-refractivity contribution in [1.29, 1.82) is 0 Å². The van der Waals surface area contributed by atoms with Gasteiger partial charge in [-0.25, -0.2) is 4.98 Å². The van der Waals surface area contributed by atoms with Crippen LogP contribution in [0.15, 0.2) is 65.1 Å². The number of benzene rings is 3. The molecule has 4 heteroatoms. The van der Waals surface area contributed by atoms with Crippen LogP contribution in [-0.4, -0.2) is 10.9 Å². The predicted octanol–water partition coefficient (Wildman–Crippen LogP) is 6.88. The Kier molecular flexibility index (Phi) is 5.40. The zero-order valence-electron chi connectivity index (χ0n) is 17.8. The van der Waals surface area contributed by atoms with E-state index in [4.69, 9.17) is 4.42 Å². The predicted molar refractivity (Wildman–Crippen MR) is 122 cm³/mol. The third-order valence-electron chi connectivity index (χ3n) is 5.75. The smallest absolute Gasteiger partial charge is 0.255 e. The molecule has 30 heavy (non-hydrogen) atoms. The summed E-state index contributed by atoms with van der Waals surface area (Å²) >= 11 is 0. The zero-order chi connectivity index (χ0) is 21.3. The van der Waals surface area contributed by atoms with Crippen molar-refractivity contribution in [2.45, 2.75) is 40.0 Å². The fraction of sp³-hybridized carbons (Fsp3) is 0.231. The number of rotatable bonds is 5. The molecule has 0 aliphatic rings. The van der Waals surface area contributed by atoms with Gasteiger partial charge in [-0.1, -0.05) is 26.0 Å². The maximum Gasteiger partial charge on any atom is 0.255 e. The summed E-state index contributed by atoms with van der Waals surface area (Å²) in [6.45, 7) is 8.44. The average molecular weight is 399 g/mol. The van der Waals surface area contributed by atoms with E-state index in [1.54, 1.807) is 0 Å². The topological polar surface area (TPSA) is 55.1 Å². The molecule has 1 amide bonds. The minimum absolute atomic E-state index is 0.120. The van der Waals surface area contributed by atoms with Gasteiger partial charge in [0, 0.05) is 16.8 Å². The van der Waals surface area contributed by atoms with Gasteiger partial charge in [-0.15, -0.1) is 0 Å². The quantitative estimate of drug-likeness (QED) is 0.399. The SMILES string of the molecule is CC[C@@H](C)c1ccc2oc(-c3ccc(NC(=O)c4ccc(C)c(C)c4)cc3)nc2c1. The molecule has 152 valence electrons. The van der Waals surface area contributed by atoms with Gasteiger partial charge in [0.1, 0.15) is 5.52 Å². The first kappa shape index (κ1) is 19.9. The molecule has 0 aliphatic carbocycles. The van der Waals surface area contributed by atoms with Gasteiger partial charge in [0.15, 0.2) is 5.58 Å². The third-order valence-corrected chi connectivity index (χ3v) is 5.75. The number of nitrogens with one attached hydrogen (secondary N) is 1. The normalized spacial score (nSPS) is 12.1. The van der Waals surface area contributed by atoms with E-state index in [1.807, 2.05) is 62.4 Å². The number of nitrogens with zero attached hydrogens (tertiary/aromatic N) is 1. The molecule has 1 atom stereocenters. The Balaban J connectivity index is 1.53. The Labute approximate surface area is 177 Å². The molecule has 0 fully saturated rings. The summed E-state index contributed by atoms with van der Waals surface area (Å²) in [7, 11) is 0. The Morgan fingerprint density at radius 3 is 2.47 bits per heavy atom. The van der Waals surface area contributed by atoms with Gasteiger partial charge in [-0.2, -0.15) is 0 Å². The zero-order valence-corrected chi connectivity index (χ0v) is 17.8. The van der Waals surface area contributed by atoms with Crippen LogP contribution in [0.1, 0.15) is 53.2 Å². The van der Waals surface area contributed by atoms with E-state index in [0.29, 0.717) is 17.4 Å². The van der Waals surface area contributed by atoms with Crippen molar-refractivity contribution in [2.24, 2.45) is 0 Å². The lowest BCUT2D eigenvalue weighted by atomic mass is 9.98. The van der Waals surface area contributed by atoms with Crippen LogP contribution in [0.25, 0.3) is 22.6 Å². The van der Waals surface area contributed by atoms with Crippen LogP contribution in [0.4, 0.5) is 5.69 Å². The van der Waals surface area contributed by atoms with Gasteiger partial charge in [0.25, 0.3) is 5.91 Å². The van der Waals surface area contributed by atoms with Crippen molar-refractivity contribution in [3.05, 3.63) is 82.9 Å². The van der Waals surface area contributed by atoms with Gasteiger partial charge in [0.2, 0.25) is 5.89 Å². The van der Waals surface area contributed by atoms with Crippen molar-refractivity contribution >= 4 is 22.7 Å². The van der Waals surface area contributed by atoms with Gasteiger partial charge in [-0.05, 0) is 91.4 Å². The third kappa shape index (κ3) is 3.99. The second kappa shape index (κ2) is 8.15. The number of aromatic nitrogens is 1. The Hall–Kier alpha value is -3.40. The van der Waals surface area contributed by atoms with E-state index in [0.717, 1.165) is 34.3 Å². The van der Waals surface area contributed by atoms with E-state index in [1.165, 1.54) is 11.1 Å². The molecular weight excluding hydrogens is 372 g/mol. The maximum absolute atomic E-state index is 12.5. The van der Waals surface area contributed by atoms with E-state index in [9.17, 15) is 4.79 Å². The van der Waals surface area contributed by atoms with Crippen molar-refractivity contribution in [1.82, 2.24) is 4.98 Å². The highest BCUT2D eigenvalue weighted by atomic mass is 16.3. The molecule has 3 aromatic carbocycles. The lowest BCUT2D eigenvalue weighted by Crippen LogP contribution is -2.12. The average Bonchev–Trinajstić information content (AvgIpc) is 3.19. The molecular formula is C26H26N2O2. The van der Waals surface area contributed by atoms with E-state index in [2.05, 4.69) is 36.3 Å². The van der Waals surface area contributed by atoms with E-state index in [-0.39, 0.29) is 5.91 Å². The second-order valence-electron chi connectivity index (χ2n) is 7.89. The summed E-state index contributed by atoms with van der Waals surface area (Å²) in [6.07, 6.45) is 1.09. The molecule has 0 bridgehead atoms. The first-order valence-corrected chi connectivity index (χ1v) is 10.3. The molecule has 1 heterocycles. The van der Waals surface area contributed by atoms with Crippen LogP contribution in [-0.2, 0) is 0 Å². The lowest BCUT2D eigenvalue weighted by molar-refractivity contribution is 0.102. The maximum atomic E-state index is 12.5. The standard InChI is InChI=1S/C26H26N2O2/c1-5-16(2)20-10-13-24-23(15-20)28-26(30-24)19-8-11-22(12-9-19)27-25(29)21-7-6-17(3)18(4)14-21/h6-16H,5H2,1-4H3,(H,27,29)/t16-/m1/s1. The molecule has 0 saturated carbocycles. The Morgan fingerprint density at radius 2 is 1.77 bits per heavy atom. The molecule has 0 saturated heterocycles. The highest BCUT2D eigenvalue weighted by Crippen LogP contribution is 2.28. The van der Waals surface area contributed by atoms with Crippen LogP contribution < -0.4 is 5.32 Å². The summed E-state index contributed by atoms with van der Waals surface area (Å²) in [5, 5.41) is 2.95. The number of hydrogen-bond donors (Lipinski definition) is 1. The molecule has 4 nitrogen and oxygen atoms in total. The summed E-state index contributed by atoms with van der Waals surface area (Å²) in [5.41, 5.74) is 7.46. The van der Waals surface area contributed by atoms with Gasteiger partial charge in [0.05, 0.1) is 0 Å². The number of oxazole rings is 1. The summed E-state index contributed by atoms with van der Waals surface area (Å²) in [5.74, 6) is 0.957. The first-order chi connectivity index (χ1) is 14.4. The van der Waals surface area contributed by atoms with Crippen LogP contribution in [0.2, 0.25) is 0 Å². The molecule has 0 spiro atoms. The van der Waals surface area contributed by atoms with Crippen molar-refractivity contribution in [3.8, 4) is 11.5 Å². The second-order valence-corrected chi connectivity index (χ2v) is 7.89. The lowest BCUT2D eigenvalue weighted by Gasteiger charge is -2.07. The molecule has 1 N–H and O–H groups in total. The fourth-order valence-electron chi connectivity index (χ4n) is 3.39. The van der Waals surface area contributed by atoms with Gasteiger partial charge in [-0.3, -0.25) is 4.79 Å². The molecule has 4 aromatic rings. The number of anilines is 1. The number of carbonyl (C=O) groups is 1. The molecule has 0 radical (unpaired) electrons. The largest absolute Gasteiger partial charge is 0.436 e. The van der Waals surface area contributed by atoms with E-state index >= 15 is 0 Å². The van der Waals surface area contributed by atoms with Gasteiger partial charge < -0.3 is 9.73 Å². The minimum atomic E-state index is -0.120. The fourth-order valence-corrected chi connectivity index (χ4v) is 3.39. The molecule has 4 rings (SSSR count). The highest BCUT2D eigenvalue weighted by molar-refractivity contribution is 6.04. The van der Waals surface area contributed by atoms with E-state index < -0.39 is 0 Å². The van der Waals surface area contributed by atoms with Crippen LogP contribution in [0.5, 0.6) is 0 Å². The van der Waals surface area contributed by atoms with Crippen LogP contribution >= 0.6 is 0 Å². The van der Waals surface area contributed by atoms with Crippen molar-refractivity contribution in [2.75, 3.05) is 5.32 Å². The highest BCUT2D eigenvalue weighted by Gasteiger charge is 2.12. The number of hydrogen-bond acceptors (Lipinski definition) is 3. The molecule has 0 unspecified atom stereocenters. The van der Waals surface area contributed by atoms with Crippen LogP contribution in [0, 0.1) is 13.8 Å². The number of aryl methyl sites for hydroxylation is 2. The summed E-state index contributed by atoms with van der Waals surface area (Å²) in [4.78, 5) is 17.2.